The Bertz CT molecular complexity index is 1180. The maximum Gasteiger partial charge on any atom is 0.254 e. The third kappa shape index (κ3) is 3.44. The number of rotatable bonds is 3. The topological polar surface area (TPSA) is 63.5 Å². The Morgan fingerprint density at radius 1 is 1.16 bits per heavy atom. The molecule has 1 saturated heterocycles. The lowest BCUT2D eigenvalue weighted by atomic mass is 10.0. The van der Waals surface area contributed by atoms with Crippen LogP contribution >= 0.6 is 0 Å². The number of hydrogen-bond donors (Lipinski definition) is 0. The van der Waals surface area contributed by atoms with Crippen LogP contribution in [-0.2, 0) is 18.3 Å². The normalized spacial score (nSPS) is 18.6. The summed E-state index contributed by atoms with van der Waals surface area (Å²) >= 11 is 0. The molecule has 1 aromatic carbocycles. The van der Waals surface area contributed by atoms with Gasteiger partial charge in [-0.15, -0.1) is 0 Å². The molecule has 3 aromatic rings. The second-order valence-electron chi connectivity index (χ2n) is 7.89. The maximum absolute atomic E-state index is 14.6. The fourth-order valence-electron chi connectivity index (χ4n) is 4.16. The third-order valence-electron chi connectivity index (χ3n) is 5.76. The number of halogens is 2. The molecule has 0 bridgehead atoms. The lowest BCUT2D eigenvalue weighted by molar-refractivity contribution is 0.0395. The highest BCUT2D eigenvalue weighted by Crippen LogP contribution is 2.36. The summed E-state index contributed by atoms with van der Waals surface area (Å²) in [5, 5.41) is 4.21. The van der Waals surface area contributed by atoms with Crippen LogP contribution in [0.3, 0.4) is 0 Å². The molecule has 160 valence electrons. The molecule has 1 fully saturated rings. The van der Waals surface area contributed by atoms with Crippen LogP contribution in [0.5, 0.6) is 0 Å². The molecule has 4 heterocycles. The number of anilines is 1. The first-order valence-electron chi connectivity index (χ1n) is 10.0. The van der Waals surface area contributed by atoms with E-state index in [1.807, 2.05) is 18.1 Å². The second-order valence-corrected chi connectivity index (χ2v) is 7.89. The number of carbonyl (C=O) groups is 1. The minimum Gasteiger partial charge on any atom is -0.370 e. The number of carbonyl (C=O) groups excluding carboxylic acids is 1. The minimum atomic E-state index is -0.705. The van der Waals surface area contributed by atoms with Crippen LogP contribution in [0.25, 0.3) is 11.3 Å². The van der Waals surface area contributed by atoms with Gasteiger partial charge in [0.1, 0.15) is 23.6 Å². The highest BCUT2D eigenvalue weighted by atomic mass is 19.1. The van der Waals surface area contributed by atoms with Gasteiger partial charge in [0.2, 0.25) is 0 Å². The zero-order chi connectivity index (χ0) is 21.7. The van der Waals surface area contributed by atoms with Crippen LogP contribution in [0.15, 0.2) is 36.7 Å². The molecule has 0 saturated carbocycles. The van der Waals surface area contributed by atoms with Crippen molar-refractivity contribution >= 4 is 11.7 Å². The summed E-state index contributed by atoms with van der Waals surface area (Å²) in [5.74, 6) is -0.934. The summed E-state index contributed by atoms with van der Waals surface area (Å²) in [5.41, 5.74) is 2.65. The number of fused-ring (bicyclic) bond motifs is 1. The van der Waals surface area contributed by atoms with Crippen LogP contribution in [0.1, 0.15) is 27.6 Å². The molecular weight excluding hydrogens is 404 g/mol. The molecule has 0 N–H and O–H groups in total. The van der Waals surface area contributed by atoms with E-state index in [-0.39, 0.29) is 17.6 Å². The number of morpholine rings is 1. The van der Waals surface area contributed by atoms with Gasteiger partial charge in [0, 0.05) is 62.7 Å². The zero-order valence-electron chi connectivity index (χ0n) is 17.2. The Morgan fingerprint density at radius 3 is 2.74 bits per heavy atom. The van der Waals surface area contributed by atoms with Crippen LogP contribution in [0, 0.1) is 11.6 Å². The first-order chi connectivity index (χ1) is 14.9. The van der Waals surface area contributed by atoms with Crippen LogP contribution in [0.2, 0.25) is 0 Å². The molecule has 2 aliphatic rings. The highest BCUT2D eigenvalue weighted by molar-refractivity contribution is 6.00. The van der Waals surface area contributed by atoms with Gasteiger partial charge < -0.3 is 14.5 Å². The van der Waals surface area contributed by atoms with Crippen LogP contribution in [-0.4, -0.2) is 52.3 Å². The number of aryl methyl sites for hydroxylation is 1. The van der Waals surface area contributed by atoms with Crippen LogP contribution < -0.4 is 4.90 Å². The summed E-state index contributed by atoms with van der Waals surface area (Å²) in [6, 6.07) is 5.17. The van der Waals surface area contributed by atoms with Gasteiger partial charge in [-0.25, -0.2) is 13.8 Å². The molecule has 0 radical (unpaired) electrons. The molecule has 2 aromatic heterocycles. The summed E-state index contributed by atoms with van der Waals surface area (Å²) in [6.45, 7) is 1.91. The average molecular weight is 425 g/mol. The number of pyridine rings is 1. The van der Waals surface area contributed by atoms with E-state index in [1.54, 1.807) is 28.9 Å². The fourth-order valence-corrected chi connectivity index (χ4v) is 4.16. The molecule has 0 unspecified atom stereocenters. The number of benzene rings is 1. The largest absolute Gasteiger partial charge is 0.370 e. The van der Waals surface area contributed by atoms with E-state index in [1.165, 1.54) is 12.1 Å². The van der Waals surface area contributed by atoms with E-state index in [9.17, 15) is 13.6 Å². The van der Waals surface area contributed by atoms with Crippen molar-refractivity contribution in [2.45, 2.75) is 12.6 Å². The van der Waals surface area contributed by atoms with Gasteiger partial charge in [-0.1, -0.05) is 0 Å². The van der Waals surface area contributed by atoms with Crippen LogP contribution in [0.4, 0.5) is 14.6 Å². The van der Waals surface area contributed by atoms with Crippen molar-refractivity contribution in [1.29, 1.82) is 0 Å². The van der Waals surface area contributed by atoms with Gasteiger partial charge in [0.05, 0.1) is 24.1 Å². The van der Waals surface area contributed by atoms with E-state index in [0.717, 1.165) is 11.6 Å². The molecule has 2 aliphatic heterocycles. The number of aromatic nitrogens is 3. The molecule has 1 amide bonds. The summed E-state index contributed by atoms with van der Waals surface area (Å²) < 4.78 is 35.7. The smallest absolute Gasteiger partial charge is 0.254 e. The number of amides is 1. The van der Waals surface area contributed by atoms with Crippen molar-refractivity contribution < 1.29 is 18.3 Å². The van der Waals surface area contributed by atoms with Crippen molar-refractivity contribution in [2.24, 2.45) is 7.05 Å². The van der Waals surface area contributed by atoms with Gasteiger partial charge in [0.15, 0.2) is 0 Å². The average Bonchev–Trinajstić information content (AvgIpc) is 3.31. The zero-order valence-corrected chi connectivity index (χ0v) is 17.2. The molecule has 0 spiro atoms. The minimum absolute atomic E-state index is 0.139. The number of ether oxygens (including phenoxy) is 1. The monoisotopic (exact) mass is 425 g/mol. The molecule has 0 aliphatic carbocycles. The Labute approximate surface area is 177 Å². The molecule has 1 atom stereocenters. The van der Waals surface area contributed by atoms with Crippen molar-refractivity contribution in [1.82, 2.24) is 19.7 Å². The molecule has 31 heavy (non-hydrogen) atoms. The van der Waals surface area contributed by atoms with Gasteiger partial charge in [-0.05, 0) is 18.2 Å². The standard InChI is InChI=1S/C22H21F2N5O2/c1-27-11-17-16(22(27)30)8-20(26-21(17)15-4-3-14(23)7-18(15)24)29-5-6-31-19(12-29)13-9-25-28(2)10-13/h3-4,7-10,19H,5-6,11-12H2,1-2H3/t19-/m1/s1. The van der Waals surface area contributed by atoms with E-state index in [0.29, 0.717) is 48.9 Å². The van der Waals surface area contributed by atoms with E-state index < -0.39 is 11.6 Å². The first kappa shape index (κ1) is 19.6. The number of hydrogen-bond acceptors (Lipinski definition) is 5. The number of nitrogens with zero attached hydrogens (tertiary/aromatic N) is 5. The summed E-state index contributed by atoms with van der Waals surface area (Å²) in [6.07, 6.45) is 3.48. The Hall–Kier alpha value is -3.33. The summed E-state index contributed by atoms with van der Waals surface area (Å²) in [4.78, 5) is 21.1. The van der Waals surface area contributed by atoms with Gasteiger partial charge in [0.25, 0.3) is 5.91 Å². The molecule has 9 heteroatoms. The van der Waals surface area contributed by atoms with E-state index in [4.69, 9.17) is 9.72 Å². The van der Waals surface area contributed by atoms with Crippen molar-refractivity contribution in [2.75, 3.05) is 31.6 Å². The van der Waals surface area contributed by atoms with Crippen molar-refractivity contribution in [3.05, 3.63) is 65.0 Å². The van der Waals surface area contributed by atoms with Crippen molar-refractivity contribution in [3.63, 3.8) is 0 Å². The third-order valence-corrected chi connectivity index (χ3v) is 5.76. The van der Waals surface area contributed by atoms with Gasteiger partial charge in [-0.2, -0.15) is 5.10 Å². The molecule has 5 rings (SSSR count). The quantitative estimate of drug-likeness (QED) is 0.646. The van der Waals surface area contributed by atoms with E-state index >= 15 is 0 Å². The predicted octanol–water partition coefficient (Wildman–Crippen LogP) is 2.92. The maximum atomic E-state index is 14.6. The fraction of sp³-hybridized carbons (Fsp3) is 0.318. The lowest BCUT2D eigenvalue weighted by Crippen LogP contribution is -2.39. The SMILES string of the molecule is CN1Cc2c(cc(N3CCO[C@@H](c4cnn(C)c4)C3)nc2-c2ccc(F)cc2F)C1=O. The van der Waals surface area contributed by atoms with Crippen molar-refractivity contribution in [3.8, 4) is 11.3 Å². The second kappa shape index (κ2) is 7.42. The lowest BCUT2D eigenvalue weighted by Gasteiger charge is -2.33. The van der Waals surface area contributed by atoms with Gasteiger partial charge in [-0.3, -0.25) is 9.48 Å². The Balaban J connectivity index is 1.57. The highest BCUT2D eigenvalue weighted by Gasteiger charge is 2.32. The predicted molar refractivity (Wildman–Crippen MR) is 110 cm³/mol. The Morgan fingerprint density at radius 2 is 2.00 bits per heavy atom. The Kier molecular flexibility index (Phi) is 4.70. The summed E-state index contributed by atoms with van der Waals surface area (Å²) in [7, 11) is 3.54. The molecular formula is C22H21F2N5O2. The molecule has 7 nitrogen and oxygen atoms in total. The van der Waals surface area contributed by atoms with Gasteiger partial charge >= 0.3 is 0 Å². The first-order valence-corrected chi connectivity index (χ1v) is 10.0. The van der Waals surface area contributed by atoms with E-state index in [2.05, 4.69) is 5.10 Å².